The van der Waals surface area contributed by atoms with Crippen LogP contribution < -0.4 is 4.72 Å². The lowest BCUT2D eigenvalue weighted by molar-refractivity contribution is 0.282. The highest BCUT2D eigenvalue weighted by atomic mass is 32.2. The molecule has 0 saturated carbocycles. The Labute approximate surface area is 122 Å². The van der Waals surface area contributed by atoms with Crippen LogP contribution in [0.15, 0.2) is 29.4 Å². The van der Waals surface area contributed by atoms with Gasteiger partial charge in [-0.05, 0) is 25.3 Å². The molecule has 0 aliphatic rings. The number of sulfonamides is 1. The highest BCUT2D eigenvalue weighted by molar-refractivity contribution is 7.99. The summed E-state index contributed by atoms with van der Waals surface area (Å²) < 4.78 is 27.4. The van der Waals surface area contributed by atoms with E-state index in [4.69, 9.17) is 0 Å². The first-order chi connectivity index (χ1) is 9.49. The summed E-state index contributed by atoms with van der Waals surface area (Å²) in [5, 5.41) is 9.59. The maximum atomic E-state index is 12.4. The largest absolute Gasteiger partial charge is 0.395 e. The molecule has 6 nitrogen and oxygen atoms in total. The van der Waals surface area contributed by atoms with Crippen molar-refractivity contribution in [1.82, 2.24) is 14.7 Å². The van der Waals surface area contributed by atoms with E-state index in [9.17, 15) is 13.5 Å². The molecule has 2 atom stereocenters. The van der Waals surface area contributed by atoms with Crippen molar-refractivity contribution in [3.8, 4) is 0 Å². The Morgan fingerprint density at radius 3 is 2.95 bits per heavy atom. The van der Waals surface area contributed by atoms with Crippen molar-refractivity contribution >= 4 is 32.8 Å². The molecule has 0 bridgehead atoms. The zero-order chi connectivity index (χ0) is 14.8. The van der Waals surface area contributed by atoms with Gasteiger partial charge in [0.05, 0.1) is 6.61 Å². The summed E-state index contributed by atoms with van der Waals surface area (Å²) in [4.78, 5) is 7.08. The molecule has 2 heterocycles. The van der Waals surface area contributed by atoms with E-state index in [1.807, 2.05) is 6.26 Å². The molecule has 0 aliphatic heterocycles. The number of H-pyrrole nitrogens is 1. The number of aliphatic hydroxyl groups excluding tert-OH is 1. The van der Waals surface area contributed by atoms with Crippen LogP contribution in [0.25, 0.3) is 11.0 Å². The first-order valence-electron chi connectivity index (χ1n) is 6.07. The fraction of sp³-hybridized carbons (Fsp3) is 0.417. The molecular weight excluding hydrogens is 298 g/mol. The van der Waals surface area contributed by atoms with Gasteiger partial charge in [-0.3, -0.25) is 0 Å². The van der Waals surface area contributed by atoms with E-state index in [1.165, 1.54) is 18.0 Å². The first kappa shape index (κ1) is 15.3. The van der Waals surface area contributed by atoms with Gasteiger partial charge in [-0.2, -0.15) is 11.8 Å². The number of nitrogens with zero attached hydrogens (tertiary/aromatic N) is 1. The van der Waals surface area contributed by atoms with Gasteiger partial charge in [0, 0.05) is 29.1 Å². The Morgan fingerprint density at radius 2 is 2.30 bits per heavy atom. The van der Waals surface area contributed by atoms with Crippen LogP contribution >= 0.6 is 11.8 Å². The highest BCUT2D eigenvalue weighted by Crippen LogP contribution is 2.22. The Kier molecular flexibility index (Phi) is 4.69. The lowest BCUT2D eigenvalue weighted by atomic mass is 10.3. The van der Waals surface area contributed by atoms with E-state index >= 15 is 0 Å². The molecule has 20 heavy (non-hydrogen) atoms. The quantitative estimate of drug-likeness (QED) is 0.738. The SMILES string of the molecule is CSC(CO)C(C)NS(=O)(=O)c1c[nH]c2ncccc12. The summed E-state index contributed by atoms with van der Waals surface area (Å²) in [7, 11) is -3.65. The molecule has 0 fully saturated rings. The average molecular weight is 315 g/mol. The summed E-state index contributed by atoms with van der Waals surface area (Å²) in [6.07, 6.45) is 4.86. The van der Waals surface area contributed by atoms with Crippen LogP contribution in [-0.4, -0.2) is 47.6 Å². The van der Waals surface area contributed by atoms with Gasteiger partial charge in [0.2, 0.25) is 10.0 Å². The predicted octanol–water partition coefficient (Wildman–Crippen LogP) is 0.954. The Morgan fingerprint density at radius 1 is 1.55 bits per heavy atom. The number of thioether (sulfide) groups is 1. The molecule has 0 saturated heterocycles. The van der Waals surface area contributed by atoms with Gasteiger partial charge in [-0.25, -0.2) is 18.1 Å². The van der Waals surface area contributed by atoms with Crippen LogP contribution in [0, 0.1) is 0 Å². The number of aromatic nitrogens is 2. The lowest BCUT2D eigenvalue weighted by Crippen LogP contribution is -2.41. The van der Waals surface area contributed by atoms with E-state index in [2.05, 4.69) is 14.7 Å². The lowest BCUT2D eigenvalue weighted by Gasteiger charge is -2.20. The third-order valence-electron chi connectivity index (χ3n) is 3.08. The second-order valence-electron chi connectivity index (χ2n) is 4.42. The summed E-state index contributed by atoms with van der Waals surface area (Å²) in [6.45, 7) is 1.66. The van der Waals surface area contributed by atoms with Crippen molar-refractivity contribution in [3.05, 3.63) is 24.5 Å². The monoisotopic (exact) mass is 315 g/mol. The maximum Gasteiger partial charge on any atom is 0.243 e. The van der Waals surface area contributed by atoms with Crippen LogP contribution in [0.1, 0.15) is 6.92 Å². The molecule has 2 rings (SSSR count). The van der Waals surface area contributed by atoms with Gasteiger partial charge in [0.1, 0.15) is 10.5 Å². The minimum absolute atomic E-state index is 0.0830. The molecule has 0 radical (unpaired) electrons. The Bertz CT molecular complexity index is 680. The molecule has 2 aromatic rings. The van der Waals surface area contributed by atoms with Crippen molar-refractivity contribution in [1.29, 1.82) is 0 Å². The highest BCUT2D eigenvalue weighted by Gasteiger charge is 2.25. The van der Waals surface area contributed by atoms with Crippen molar-refractivity contribution in [2.45, 2.75) is 23.1 Å². The van der Waals surface area contributed by atoms with Crippen LogP contribution in [0.4, 0.5) is 0 Å². The molecule has 0 aromatic carbocycles. The second-order valence-corrected chi connectivity index (χ2v) is 7.18. The number of hydrogen-bond acceptors (Lipinski definition) is 5. The maximum absolute atomic E-state index is 12.4. The van der Waals surface area contributed by atoms with Gasteiger partial charge < -0.3 is 10.1 Å². The fourth-order valence-electron chi connectivity index (χ4n) is 1.97. The number of pyridine rings is 1. The average Bonchev–Trinajstić information content (AvgIpc) is 2.84. The van der Waals surface area contributed by atoms with E-state index in [0.29, 0.717) is 11.0 Å². The zero-order valence-electron chi connectivity index (χ0n) is 11.2. The normalized spacial score (nSPS) is 15.3. The van der Waals surface area contributed by atoms with Gasteiger partial charge in [0.15, 0.2) is 0 Å². The summed E-state index contributed by atoms with van der Waals surface area (Å²) >= 11 is 1.42. The number of rotatable bonds is 6. The number of fused-ring (bicyclic) bond motifs is 1. The fourth-order valence-corrected chi connectivity index (χ4v) is 4.13. The van der Waals surface area contributed by atoms with E-state index in [1.54, 1.807) is 25.3 Å². The van der Waals surface area contributed by atoms with Crippen LogP contribution in [0.5, 0.6) is 0 Å². The minimum Gasteiger partial charge on any atom is -0.395 e. The van der Waals surface area contributed by atoms with Crippen LogP contribution in [0.3, 0.4) is 0 Å². The van der Waals surface area contributed by atoms with E-state index < -0.39 is 10.0 Å². The number of aliphatic hydroxyl groups is 1. The molecule has 0 aliphatic carbocycles. The molecule has 0 amide bonds. The predicted molar refractivity (Wildman–Crippen MR) is 80.3 cm³/mol. The Balaban J connectivity index is 2.31. The van der Waals surface area contributed by atoms with Gasteiger partial charge >= 0.3 is 0 Å². The molecule has 2 unspecified atom stereocenters. The number of aromatic amines is 1. The van der Waals surface area contributed by atoms with Gasteiger partial charge in [-0.15, -0.1) is 0 Å². The minimum atomic E-state index is -3.65. The second kappa shape index (κ2) is 6.13. The molecule has 3 N–H and O–H groups in total. The summed E-state index contributed by atoms with van der Waals surface area (Å²) in [5.41, 5.74) is 0.532. The molecule has 8 heteroatoms. The summed E-state index contributed by atoms with van der Waals surface area (Å²) in [6, 6.07) is 3.02. The van der Waals surface area contributed by atoms with Crippen molar-refractivity contribution in [2.75, 3.05) is 12.9 Å². The smallest absolute Gasteiger partial charge is 0.243 e. The molecule has 0 spiro atoms. The summed E-state index contributed by atoms with van der Waals surface area (Å²) in [5.74, 6) is 0. The van der Waals surface area contributed by atoms with Gasteiger partial charge in [-0.1, -0.05) is 0 Å². The van der Waals surface area contributed by atoms with Crippen LogP contribution in [0.2, 0.25) is 0 Å². The Hall–Kier alpha value is -1.09. The first-order valence-corrected chi connectivity index (χ1v) is 8.84. The topological polar surface area (TPSA) is 95.1 Å². The molecule has 110 valence electrons. The van der Waals surface area contributed by atoms with Crippen molar-refractivity contribution in [3.63, 3.8) is 0 Å². The van der Waals surface area contributed by atoms with Crippen molar-refractivity contribution < 1.29 is 13.5 Å². The molecule has 2 aromatic heterocycles. The van der Waals surface area contributed by atoms with E-state index in [0.717, 1.165) is 0 Å². The number of nitrogens with one attached hydrogen (secondary N) is 2. The van der Waals surface area contributed by atoms with Gasteiger partial charge in [0.25, 0.3) is 0 Å². The zero-order valence-corrected chi connectivity index (χ0v) is 12.8. The third-order valence-corrected chi connectivity index (χ3v) is 5.85. The molecular formula is C12H17N3O3S2. The van der Waals surface area contributed by atoms with Crippen LogP contribution in [-0.2, 0) is 10.0 Å². The third kappa shape index (κ3) is 2.98. The number of hydrogen-bond donors (Lipinski definition) is 3. The standard InChI is InChI=1S/C12H17N3O3S2/c1-8(10(7-16)19-2)15-20(17,18)11-6-14-12-9(11)4-3-5-13-12/h3-6,8,10,15-16H,7H2,1-2H3,(H,13,14). The van der Waals surface area contributed by atoms with E-state index in [-0.39, 0.29) is 22.8 Å². The van der Waals surface area contributed by atoms with Crippen molar-refractivity contribution in [2.24, 2.45) is 0 Å².